The lowest BCUT2D eigenvalue weighted by molar-refractivity contribution is 0.233. The molecule has 0 bridgehead atoms. The molecule has 152 valence electrons. The van der Waals surface area contributed by atoms with Crippen molar-refractivity contribution in [3.63, 3.8) is 0 Å². The summed E-state index contributed by atoms with van der Waals surface area (Å²) >= 11 is 5.94. The van der Waals surface area contributed by atoms with Gasteiger partial charge in [0.2, 0.25) is 5.89 Å². The number of benzene rings is 1. The molecule has 0 spiro atoms. The van der Waals surface area contributed by atoms with Crippen molar-refractivity contribution in [2.24, 2.45) is 0 Å². The Kier molecular flexibility index (Phi) is 4.51. The van der Waals surface area contributed by atoms with Crippen LogP contribution in [0.25, 0.3) is 11.0 Å². The maximum atomic E-state index is 12.7. The third-order valence-corrected chi connectivity index (χ3v) is 5.78. The molecule has 3 heterocycles. The first-order chi connectivity index (χ1) is 14.5. The molecule has 1 aliphatic carbocycles. The summed E-state index contributed by atoms with van der Waals surface area (Å²) in [6.07, 6.45) is 4.66. The Hall–Kier alpha value is -3.26. The highest BCUT2D eigenvalue weighted by molar-refractivity contribution is 6.30. The quantitative estimate of drug-likeness (QED) is 0.500. The fraction of sp³-hybridized carbons (Fsp3) is 0.286. The first-order valence-electron chi connectivity index (χ1n) is 9.64. The van der Waals surface area contributed by atoms with E-state index < -0.39 is 5.76 Å². The van der Waals surface area contributed by atoms with Crippen LogP contribution in [0.2, 0.25) is 5.02 Å². The van der Waals surface area contributed by atoms with E-state index in [0.29, 0.717) is 22.0 Å². The van der Waals surface area contributed by atoms with E-state index in [4.69, 9.17) is 16.0 Å². The van der Waals surface area contributed by atoms with E-state index in [1.807, 2.05) is 31.2 Å². The zero-order valence-electron chi connectivity index (χ0n) is 16.2. The molecule has 3 aromatic heterocycles. The average Bonchev–Trinajstić information content (AvgIpc) is 3.05. The maximum absolute atomic E-state index is 12.7. The van der Waals surface area contributed by atoms with Crippen molar-refractivity contribution in [2.75, 3.05) is 0 Å². The highest BCUT2D eigenvalue weighted by Crippen LogP contribution is 2.43. The number of pyridine rings is 1. The van der Waals surface area contributed by atoms with Crippen molar-refractivity contribution in [3.05, 3.63) is 85.8 Å². The molecule has 0 unspecified atom stereocenters. The molecule has 1 aromatic carbocycles. The van der Waals surface area contributed by atoms with E-state index in [0.717, 1.165) is 18.4 Å². The fourth-order valence-electron chi connectivity index (χ4n) is 3.83. The molecule has 0 saturated heterocycles. The lowest BCUT2D eigenvalue weighted by atomic mass is 9.76. The van der Waals surface area contributed by atoms with Crippen molar-refractivity contribution >= 4 is 22.6 Å². The molecule has 0 aliphatic heterocycles. The minimum Gasteiger partial charge on any atom is -0.390 e. The van der Waals surface area contributed by atoms with Crippen molar-refractivity contribution in [3.8, 4) is 0 Å². The van der Waals surface area contributed by atoms with Gasteiger partial charge in [0.1, 0.15) is 12.9 Å². The molecular formula is C21H18ClN5O3. The largest absolute Gasteiger partial charge is 0.437 e. The van der Waals surface area contributed by atoms with Crippen LogP contribution in [0.5, 0.6) is 0 Å². The Morgan fingerprint density at radius 1 is 1.17 bits per heavy atom. The standard InChI is InChI=1S/C21H18ClN5O3/c1-12-6-17-19(23-9-12)24-11-26(20(17)28)10-18-25-27(21(29)30-18)16-7-14(8-16)13-2-4-15(22)5-3-13/h2-6,9,11,14,16H,7-8,10H2,1H3. The normalized spacial score (nSPS) is 18.5. The molecule has 0 radical (unpaired) electrons. The first kappa shape index (κ1) is 18.7. The number of hydrogen-bond acceptors (Lipinski definition) is 6. The van der Waals surface area contributed by atoms with Gasteiger partial charge in [-0.2, -0.15) is 4.68 Å². The summed E-state index contributed by atoms with van der Waals surface area (Å²) in [6.45, 7) is 1.89. The Balaban J connectivity index is 1.35. The summed E-state index contributed by atoms with van der Waals surface area (Å²) in [4.78, 5) is 33.4. The van der Waals surface area contributed by atoms with Crippen LogP contribution in [-0.4, -0.2) is 24.3 Å². The van der Waals surface area contributed by atoms with E-state index in [2.05, 4.69) is 15.1 Å². The second kappa shape index (κ2) is 7.21. The van der Waals surface area contributed by atoms with E-state index in [1.54, 1.807) is 12.3 Å². The van der Waals surface area contributed by atoms with Crippen LogP contribution in [0.1, 0.15) is 41.8 Å². The zero-order chi connectivity index (χ0) is 20.8. The summed E-state index contributed by atoms with van der Waals surface area (Å²) in [6, 6.07) is 9.49. The van der Waals surface area contributed by atoms with Crippen LogP contribution in [0.3, 0.4) is 0 Å². The molecule has 0 amide bonds. The molecule has 0 atom stereocenters. The Morgan fingerprint density at radius 2 is 1.93 bits per heavy atom. The van der Waals surface area contributed by atoms with Crippen LogP contribution in [0.15, 0.2) is 56.9 Å². The number of aryl methyl sites for hydroxylation is 1. The van der Waals surface area contributed by atoms with Crippen molar-refractivity contribution in [2.45, 2.75) is 38.3 Å². The third-order valence-electron chi connectivity index (χ3n) is 5.53. The van der Waals surface area contributed by atoms with Crippen molar-refractivity contribution in [1.29, 1.82) is 0 Å². The van der Waals surface area contributed by atoms with Gasteiger partial charge in [0.15, 0.2) is 5.65 Å². The van der Waals surface area contributed by atoms with Gasteiger partial charge in [0, 0.05) is 11.2 Å². The topological polar surface area (TPSA) is 95.8 Å². The second-order valence-corrected chi connectivity index (χ2v) is 8.08. The third kappa shape index (κ3) is 3.33. The number of halogens is 1. The van der Waals surface area contributed by atoms with Gasteiger partial charge in [-0.3, -0.25) is 9.36 Å². The van der Waals surface area contributed by atoms with Gasteiger partial charge >= 0.3 is 5.76 Å². The van der Waals surface area contributed by atoms with Crippen molar-refractivity contribution in [1.82, 2.24) is 24.3 Å². The molecule has 9 heteroatoms. The molecule has 1 saturated carbocycles. The predicted octanol–water partition coefficient (Wildman–Crippen LogP) is 3.07. The number of rotatable bonds is 4. The minimum atomic E-state index is -0.510. The SMILES string of the molecule is Cc1cnc2ncn(Cc3nn(C4CC(c5ccc(Cl)cc5)C4)c(=O)o3)c(=O)c2c1. The van der Waals surface area contributed by atoms with Crippen LogP contribution >= 0.6 is 11.6 Å². The van der Waals surface area contributed by atoms with Gasteiger partial charge in [0.05, 0.1) is 11.4 Å². The second-order valence-electron chi connectivity index (χ2n) is 7.64. The molecule has 1 aliphatic rings. The fourth-order valence-corrected chi connectivity index (χ4v) is 3.96. The minimum absolute atomic E-state index is 0.0195. The van der Waals surface area contributed by atoms with Crippen LogP contribution in [-0.2, 0) is 6.54 Å². The van der Waals surface area contributed by atoms with Crippen LogP contribution in [0.4, 0.5) is 0 Å². The van der Waals surface area contributed by atoms with Gasteiger partial charge in [-0.25, -0.2) is 14.8 Å². The lowest BCUT2D eigenvalue weighted by Crippen LogP contribution is -2.31. The Labute approximate surface area is 175 Å². The van der Waals surface area contributed by atoms with Gasteiger partial charge in [-0.05, 0) is 55.0 Å². The number of nitrogens with zero attached hydrogens (tertiary/aromatic N) is 5. The predicted molar refractivity (Wildman–Crippen MR) is 111 cm³/mol. The summed E-state index contributed by atoms with van der Waals surface area (Å²) in [5.41, 5.74) is 2.21. The van der Waals surface area contributed by atoms with Gasteiger partial charge < -0.3 is 4.42 Å². The number of hydrogen-bond donors (Lipinski definition) is 0. The molecule has 4 aromatic rings. The Bertz CT molecular complexity index is 1350. The van der Waals surface area contributed by atoms with E-state index in [1.165, 1.54) is 21.1 Å². The summed E-state index contributed by atoms with van der Waals surface area (Å²) in [5.74, 6) is 0.0324. The van der Waals surface area contributed by atoms with Crippen LogP contribution in [0, 0.1) is 6.92 Å². The van der Waals surface area contributed by atoms with Gasteiger partial charge in [-0.1, -0.05) is 23.7 Å². The van der Waals surface area contributed by atoms with E-state index >= 15 is 0 Å². The molecule has 1 fully saturated rings. The summed E-state index contributed by atoms with van der Waals surface area (Å²) in [7, 11) is 0. The average molecular weight is 424 g/mol. The van der Waals surface area contributed by atoms with Gasteiger partial charge in [0.25, 0.3) is 5.56 Å². The van der Waals surface area contributed by atoms with E-state index in [-0.39, 0.29) is 24.0 Å². The molecular weight excluding hydrogens is 406 g/mol. The number of aromatic nitrogens is 5. The van der Waals surface area contributed by atoms with Crippen molar-refractivity contribution < 1.29 is 4.42 Å². The summed E-state index contributed by atoms with van der Waals surface area (Å²) < 4.78 is 8.05. The number of fused-ring (bicyclic) bond motifs is 1. The molecule has 30 heavy (non-hydrogen) atoms. The smallest absolute Gasteiger partial charge is 0.390 e. The summed E-state index contributed by atoms with van der Waals surface area (Å²) in [5, 5.41) is 5.45. The first-order valence-corrected chi connectivity index (χ1v) is 10.0. The maximum Gasteiger partial charge on any atom is 0.437 e. The van der Waals surface area contributed by atoms with Crippen LogP contribution < -0.4 is 11.3 Å². The van der Waals surface area contributed by atoms with Gasteiger partial charge in [-0.15, -0.1) is 5.10 Å². The molecule has 0 N–H and O–H groups in total. The van der Waals surface area contributed by atoms with E-state index in [9.17, 15) is 9.59 Å². The highest BCUT2D eigenvalue weighted by atomic mass is 35.5. The monoisotopic (exact) mass is 423 g/mol. The lowest BCUT2D eigenvalue weighted by Gasteiger charge is -2.34. The zero-order valence-corrected chi connectivity index (χ0v) is 16.9. The molecule has 5 rings (SSSR count). The highest BCUT2D eigenvalue weighted by Gasteiger charge is 2.34. The Morgan fingerprint density at radius 3 is 2.70 bits per heavy atom. The molecule has 8 nitrogen and oxygen atoms in total.